The second-order valence-electron chi connectivity index (χ2n) is 4.56. The van der Waals surface area contributed by atoms with Gasteiger partial charge in [-0.2, -0.15) is 0 Å². The van der Waals surface area contributed by atoms with Gasteiger partial charge in [-0.25, -0.2) is 4.98 Å². The van der Waals surface area contributed by atoms with Crippen LogP contribution < -0.4 is 9.47 Å². The van der Waals surface area contributed by atoms with Crippen LogP contribution in [0.4, 0.5) is 0 Å². The van der Waals surface area contributed by atoms with Crippen molar-refractivity contribution in [3.05, 3.63) is 59.9 Å². The number of methoxy groups -OCH3 is 2. The van der Waals surface area contributed by atoms with Crippen molar-refractivity contribution in [2.24, 2.45) is 0 Å². The van der Waals surface area contributed by atoms with E-state index in [1.807, 2.05) is 47.0 Å². The van der Waals surface area contributed by atoms with Gasteiger partial charge in [0.25, 0.3) is 0 Å². The molecule has 0 spiro atoms. The van der Waals surface area contributed by atoms with Crippen LogP contribution in [-0.2, 0) is 6.42 Å². The molecule has 2 aromatic heterocycles. The van der Waals surface area contributed by atoms with Gasteiger partial charge in [0, 0.05) is 12.6 Å². The summed E-state index contributed by atoms with van der Waals surface area (Å²) in [7, 11) is 3.34. The number of ether oxygens (including phenoxy) is 2. The first kappa shape index (κ1) is 12.5. The number of rotatable bonds is 4. The smallest absolute Gasteiger partial charge is 0.198 e. The van der Waals surface area contributed by atoms with Crippen molar-refractivity contribution in [2.45, 2.75) is 6.42 Å². The maximum Gasteiger partial charge on any atom is 0.198 e. The Labute approximate surface area is 117 Å². The minimum Gasteiger partial charge on any atom is -0.497 e. The molecule has 0 saturated heterocycles. The molecule has 2 heterocycles. The second kappa shape index (κ2) is 5.25. The molecule has 0 saturated carbocycles. The highest BCUT2D eigenvalue weighted by Crippen LogP contribution is 2.19. The number of nitrogens with zero attached hydrogens (tertiary/aromatic N) is 2. The summed E-state index contributed by atoms with van der Waals surface area (Å²) in [6.45, 7) is 0. The molecule has 0 N–H and O–H groups in total. The Bertz CT molecular complexity index is 734. The normalized spacial score (nSPS) is 10.7. The summed E-state index contributed by atoms with van der Waals surface area (Å²) in [5.74, 6) is 1.65. The van der Waals surface area contributed by atoms with Gasteiger partial charge < -0.3 is 9.47 Å². The predicted octanol–water partition coefficient (Wildman–Crippen LogP) is 2.94. The zero-order chi connectivity index (χ0) is 13.9. The van der Waals surface area contributed by atoms with Crippen molar-refractivity contribution in [3.8, 4) is 11.6 Å². The predicted molar refractivity (Wildman–Crippen MR) is 77.5 cm³/mol. The van der Waals surface area contributed by atoms with E-state index in [9.17, 15) is 0 Å². The highest BCUT2D eigenvalue weighted by atomic mass is 16.5. The number of pyridine rings is 1. The van der Waals surface area contributed by atoms with Crippen LogP contribution in [0, 0.1) is 0 Å². The molecule has 0 atom stereocenters. The zero-order valence-corrected chi connectivity index (χ0v) is 11.5. The summed E-state index contributed by atoms with van der Waals surface area (Å²) in [4.78, 5) is 4.61. The van der Waals surface area contributed by atoms with Crippen LogP contribution in [0.5, 0.6) is 11.6 Å². The number of aromatic nitrogens is 2. The molecule has 0 fully saturated rings. The third-order valence-corrected chi connectivity index (χ3v) is 3.23. The van der Waals surface area contributed by atoms with E-state index < -0.39 is 0 Å². The Morgan fingerprint density at radius 2 is 1.90 bits per heavy atom. The number of benzene rings is 1. The van der Waals surface area contributed by atoms with E-state index in [1.54, 1.807) is 14.2 Å². The maximum absolute atomic E-state index is 5.33. The van der Waals surface area contributed by atoms with Crippen molar-refractivity contribution in [1.29, 1.82) is 0 Å². The van der Waals surface area contributed by atoms with E-state index >= 15 is 0 Å². The van der Waals surface area contributed by atoms with Crippen LogP contribution in [0.25, 0.3) is 5.65 Å². The topological polar surface area (TPSA) is 35.8 Å². The summed E-state index contributed by atoms with van der Waals surface area (Å²) in [5, 5.41) is 0. The molecular formula is C16H16N2O2. The number of imidazole rings is 1. The molecule has 0 radical (unpaired) electrons. The molecule has 0 unspecified atom stereocenters. The molecule has 4 nitrogen and oxygen atoms in total. The fourth-order valence-corrected chi connectivity index (χ4v) is 2.28. The Balaban J connectivity index is 1.94. The number of hydrogen-bond acceptors (Lipinski definition) is 3. The molecule has 0 aliphatic rings. The SMILES string of the molecule is COc1cccc(Cc2cn3c(OC)cccc3n2)c1. The Hall–Kier alpha value is -2.49. The van der Waals surface area contributed by atoms with Crippen LogP contribution in [0.3, 0.4) is 0 Å². The summed E-state index contributed by atoms with van der Waals surface area (Å²) in [5.41, 5.74) is 3.07. The van der Waals surface area contributed by atoms with Crippen molar-refractivity contribution < 1.29 is 9.47 Å². The number of fused-ring (bicyclic) bond motifs is 1. The summed E-state index contributed by atoms with van der Waals surface area (Å²) in [6.07, 6.45) is 2.77. The average molecular weight is 268 g/mol. The monoisotopic (exact) mass is 268 g/mol. The molecule has 102 valence electrons. The van der Waals surface area contributed by atoms with Crippen LogP contribution >= 0.6 is 0 Å². The van der Waals surface area contributed by atoms with Crippen molar-refractivity contribution >= 4 is 5.65 Å². The lowest BCUT2D eigenvalue weighted by Gasteiger charge is -2.02. The second-order valence-corrected chi connectivity index (χ2v) is 4.56. The fourth-order valence-electron chi connectivity index (χ4n) is 2.28. The van der Waals surface area contributed by atoms with Crippen molar-refractivity contribution in [2.75, 3.05) is 14.2 Å². The van der Waals surface area contributed by atoms with Crippen LogP contribution in [-0.4, -0.2) is 23.6 Å². The number of hydrogen-bond donors (Lipinski definition) is 0. The summed E-state index contributed by atoms with van der Waals surface area (Å²) in [6, 6.07) is 13.9. The lowest BCUT2D eigenvalue weighted by molar-refractivity contribution is 0.392. The molecule has 0 aliphatic carbocycles. The molecule has 3 rings (SSSR count). The van der Waals surface area contributed by atoms with Gasteiger partial charge in [0.2, 0.25) is 0 Å². The molecule has 0 bridgehead atoms. The van der Waals surface area contributed by atoms with E-state index in [0.717, 1.165) is 29.4 Å². The van der Waals surface area contributed by atoms with Gasteiger partial charge in [0.15, 0.2) is 5.88 Å². The highest BCUT2D eigenvalue weighted by molar-refractivity contribution is 5.44. The van der Waals surface area contributed by atoms with Gasteiger partial charge in [-0.1, -0.05) is 18.2 Å². The molecule has 1 aromatic carbocycles. The first-order valence-electron chi connectivity index (χ1n) is 6.44. The van der Waals surface area contributed by atoms with Gasteiger partial charge in [0.05, 0.1) is 19.9 Å². The molecule has 0 amide bonds. The molecule has 4 heteroatoms. The van der Waals surface area contributed by atoms with Gasteiger partial charge in [-0.3, -0.25) is 4.40 Å². The minimum atomic E-state index is 0.766. The van der Waals surface area contributed by atoms with Crippen LogP contribution in [0.2, 0.25) is 0 Å². The molecule has 0 aliphatic heterocycles. The first-order valence-corrected chi connectivity index (χ1v) is 6.44. The van der Waals surface area contributed by atoms with E-state index in [-0.39, 0.29) is 0 Å². The van der Waals surface area contributed by atoms with Crippen LogP contribution in [0.1, 0.15) is 11.3 Å². The molecule has 3 aromatic rings. The van der Waals surface area contributed by atoms with E-state index in [0.29, 0.717) is 0 Å². The van der Waals surface area contributed by atoms with Crippen molar-refractivity contribution in [1.82, 2.24) is 9.38 Å². The summed E-state index contributed by atoms with van der Waals surface area (Å²) < 4.78 is 12.5. The largest absolute Gasteiger partial charge is 0.497 e. The minimum absolute atomic E-state index is 0.766. The maximum atomic E-state index is 5.33. The van der Waals surface area contributed by atoms with Gasteiger partial charge in [-0.15, -0.1) is 0 Å². The molecular weight excluding hydrogens is 252 g/mol. The van der Waals surface area contributed by atoms with E-state index in [1.165, 1.54) is 5.56 Å². The fraction of sp³-hybridized carbons (Fsp3) is 0.188. The lowest BCUT2D eigenvalue weighted by atomic mass is 10.1. The quantitative estimate of drug-likeness (QED) is 0.730. The van der Waals surface area contributed by atoms with Gasteiger partial charge >= 0.3 is 0 Å². The highest BCUT2D eigenvalue weighted by Gasteiger charge is 2.06. The average Bonchev–Trinajstić information content (AvgIpc) is 2.89. The third-order valence-electron chi connectivity index (χ3n) is 3.23. The zero-order valence-electron chi connectivity index (χ0n) is 11.5. The van der Waals surface area contributed by atoms with Crippen molar-refractivity contribution in [3.63, 3.8) is 0 Å². The van der Waals surface area contributed by atoms with Gasteiger partial charge in [-0.05, 0) is 29.8 Å². The Kier molecular flexibility index (Phi) is 3.29. The van der Waals surface area contributed by atoms with Crippen LogP contribution in [0.15, 0.2) is 48.7 Å². The van der Waals surface area contributed by atoms with E-state index in [4.69, 9.17) is 9.47 Å². The third kappa shape index (κ3) is 2.32. The van der Waals surface area contributed by atoms with E-state index in [2.05, 4.69) is 11.1 Å². The Morgan fingerprint density at radius 1 is 1.05 bits per heavy atom. The summed E-state index contributed by atoms with van der Waals surface area (Å²) >= 11 is 0. The standard InChI is InChI=1S/C16H16N2O2/c1-19-14-6-3-5-12(10-14)9-13-11-18-15(17-13)7-4-8-16(18)20-2/h3-8,10-11H,9H2,1-2H3. The van der Waals surface area contributed by atoms with Gasteiger partial charge in [0.1, 0.15) is 11.4 Å². The lowest BCUT2D eigenvalue weighted by Crippen LogP contribution is -1.91. The molecule has 20 heavy (non-hydrogen) atoms. The first-order chi connectivity index (χ1) is 9.80. The Morgan fingerprint density at radius 3 is 2.70 bits per heavy atom.